The summed E-state index contributed by atoms with van der Waals surface area (Å²) in [7, 11) is 0. The Morgan fingerprint density at radius 3 is 1.44 bits per heavy atom. The number of benzene rings is 2. The van der Waals surface area contributed by atoms with E-state index in [4.69, 9.17) is 13.1 Å². The van der Waals surface area contributed by atoms with Gasteiger partial charge in [-0.1, -0.05) is 48.5 Å². The van der Waals surface area contributed by atoms with Crippen molar-refractivity contribution in [2.45, 2.75) is 12.8 Å². The van der Waals surface area contributed by atoms with Crippen LogP contribution in [0.25, 0.3) is 9.69 Å². The standard InChI is InChI=1S/C16H12N2/c1-17-15-9-5-3-7-13(15)11-12-14-8-4-6-10-16(14)18-2/h3-10H,11-12H2. The first kappa shape index (κ1) is 11.9. The molecule has 0 unspecified atom stereocenters. The molecule has 86 valence electrons. The number of aryl methyl sites for hydroxylation is 2. The quantitative estimate of drug-likeness (QED) is 0.685. The monoisotopic (exact) mass is 232 g/mol. The summed E-state index contributed by atoms with van der Waals surface area (Å²) in [5.41, 5.74) is 3.51. The first-order chi connectivity index (χ1) is 8.85. The van der Waals surface area contributed by atoms with Gasteiger partial charge in [-0.3, -0.25) is 0 Å². The maximum Gasteiger partial charge on any atom is 0.190 e. The SMILES string of the molecule is [C-]#[N+]c1ccccc1CCc1ccccc1[N+]#[C-]. The first-order valence-electron chi connectivity index (χ1n) is 5.76. The van der Waals surface area contributed by atoms with Crippen LogP contribution >= 0.6 is 0 Å². The third-order valence-corrected chi connectivity index (χ3v) is 2.89. The molecule has 0 aliphatic carbocycles. The van der Waals surface area contributed by atoms with Gasteiger partial charge in [-0.25, -0.2) is 9.69 Å². The highest BCUT2D eigenvalue weighted by Crippen LogP contribution is 2.24. The van der Waals surface area contributed by atoms with Crippen molar-refractivity contribution in [2.75, 3.05) is 0 Å². The second-order valence-electron chi connectivity index (χ2n) is 3.98. The van der Waals surface area contributed by atoms with Crippen LogP contribution in [0.5, 0.6) is 0 Å². The van der Waals surface area contributed by atoms with E-state index in [0.29, 0.717) is 11.4 Å². The minimum absolute atomic E-state index is 0.706. The van der Waals surface area contributed by atoms with Crippen LogP contribution in [0.3, 0.4) is 0 Å². The predicted molar refractivity (Wildman–Crippen MR) is 72.8 cm³/mol. The number of hydrogen-bond donors (Lipinski definition) is 0. The number of para-hydroxylation sites is 2. The Morgan fingerprint density at radius 1 is 0.667 bits per heavy atom. The second-order valence-corrected chi connectivity index (χ2v) is 3.98. The van der Waals surface area contributed by atoms with Crippen LogP contribution in [0, 0.1) is 13.1 Å². The summed E-state index contributed by atoms with van der Waals surface area (Å²) >= 11 is 0. The summed E-state index contributed by atoms with van der Waals surface area (Å²) in [6, 6.07) is 15.3. The lowest BCUT2D eigenvalue weighted by atomic mass is 10.0. The van der Waals surface area contributed by atoms with Crippen LogP contribution in [-0.2, 0) is 12.8 Å². The summed E-state index contributed by atoms with van der Waals surface area (Å²) in [6.45, 7) is 14.2. The minimum Gasteiger partial charge on any atom is -0.238 e. The van der Waals surface area contributed by atoms with Crippen molar-refractivity contribution in [2.24, 2.45) is 0 Å². The molecule has 0 spiro atoms. The molecule has 0 heterocycles. The van der Waals surface area contributed by atoms with E-state index in [1.165, 1.54) is 0 Å². The van der Waals surface area contributed by atoms with E-state index in [1.54, 1.807) is 0 Å². The lowest BCUT2D eigenvalue weighted by Gasteiger charge is -2.05. The molecule has 0 radical (unpaired) electrons. The van der Waals surface area contributed by atoms with Crippen LogP contribution in [0.2, 0.25) is 0 Å². The molecular weight excluding hydrogens is 220 g/mol. The summed E-state index contributed by atoms with van der Waals surface area (Å²) in [6.07, 6.45) is 1.59. The molecule has 0 amide bonds. The van der Waals surface area contributed by atoms with E-state index < -0.39 is 0 Å². The highest BCUT2D eigenvalue weighted by atomic mass is 14.7. The lowest BCUT2D eigenvalue weighted by Crippen LogP contribution is -1.91. The van der Waals surface area contributed by atoms with Crippen LogP contribution in [0.4, 0.5) is 11.4 Å². The molecule has 0 fully saturated rings. The normalized spacial score (nSPS) is 9.44. The van der Waals surface area contributed by atoms with Gasteiger partial charge in [0.2, 0.25) is 0 Å². The summed E-state index contributed by atoms with van der Waals surface area (Å²) in [4.78, 5) is 7.03. The van der Waals surface area contributed by atoms with Crippen LogP contribution < -0.4 is 0 Å². The van der Waals surface area contributed by atoms with Crippen molar-refractivity contribution in [1.82, 2.24) is 0 Å². The average molecular weight is 232 g/mol. The molecule has 0 atom stereocenters. The number of hydrogen-bond acceptors (Lipinski definition) is 0. The third-order valence-electron chi connectivity index (χ3n) is 2.89. The Balaban J connectivity index is 2.18. The first-order valence-corrected chi connectivity index (χ1v) is 5.76. The topological polar surface area (TPSA) is 8.72 Å². The Kier molecular flexibility index (Phi) is 3.74. The summed E-state index contributed by atoms with van der Waals surface area (Å²) in [5, 5.41) is 0. The second kappa shape index (κ2) is 5.66. The van der Waals surface area contributed by atoms with Gasteiger partial charge in [-0.05, 0) is 24.0 Å². The molecule has 0 aliphatic rings. The van der Waals surface area contributed by atoms with Gasteiger partial charge >= 0.3 is 0 Å². The zero-order valence-electron chi connectivity index (χ0n) is 9.93. The molecule has 2 aromatic rings. The van der Waals surface area contributed by atoms with Gasteiger partial charge in [0, 0.05) is 0 Å². The van der Waals surface area contributed by atoms with E-state index in [1.807, 2.05) is 48.5 Å². The smallest absolute Gasteiger partial charge is 0.190 e. The van der Waals surface area contributed by atoms with E-state index >= 15 is 0 Å². The van der Waals surface area contributed by atoms with Gasteiger partial charge in [0.25, 0.3) is 0 Å². The van der Waals surface area contributed by atoms with Gasteiger partial charge in [0.05, 0.1) is 13.1 Å². The summed E-state index contributed by atoms with van der Waals surface area (Å²) in [5.74, 6) is 0. The van der Waals surface area contributed by atoms with Crippen LogP contribution in [0.15, 0.2) is 48.5 Å². The van der Waals surface area contributed by atoms with Gasteiger partial charge in [0.15, 0.2) is 11.4 Å². The maximum absolute atomic E-state index is 7.12. The predicted octanol–water partition coefficient (Wildman–Crippen LogP) is 4.57. The van der Waals surface area contributed by atoms with Gasteiger partial charge in [0.1, 0.15) is 0 Å². The van der Waals surface area contributed by atoms with Crippen LogP contribution in [0.1, 0.15) is 11.1 Å². The largest absolute Gasteiger partial charge is 0.238 e. The fourth-order valence-corrected chi connectivity index (χ4v) is 1.93. The Labute approximate surface area is 107 Å². The van der Waals surface area contributed by atoms with E-state index in [9.17, 15) is 0 Å². The van der Waals surface area contributed by atoms with Gasteiger partial charge in [-0.2, -0.15) is 0 Å². The van der Waals surface area contributed by atoms with Crippen molar-refractivity contribution in [1.29, 1.82) is 0 Å². The molecule has 0 aromatic heterocycles. The molecule has 0 bridgehead atoms. The molecule has 0 saturated heterocycles. The maximum atomic E-state index is 7.12. The lowest BCUT2D eigenvalue weighted by molar-refractivity contribution is 0.968. The van der Waals surface area contributed by atoms with E-state index in [0.717, 1.165) is 24.0 Å². The van der Waals surface area contributed by atoms with Gasteiger partial charge in [-0.15, -0.1) is 0 Å². The molecule has 0 saturated carbocycles. The molecule has 0 N–H and O–H groups in total. The molecule has 2 nitrogen and oxygen atoms in total. The molecule has 2 heteroatoms. The zero-order chi connectivity index (χ0) is 12.8. The van der Waals surface area contributed by atoms with Gasteiger partial charge < -0.3 is 0 Å². The van der Waals surface area contributed by atoms with Crippen molar-refractivity contribution in [3.05, 3.63) is 82.5 Å². The van der Waals surface area contributed by atoms with Crippen molar-refractivity contribution in [3.8, 4) is 0 Å². The van der Waals surface area contributed by atoms with E-state index in [-0.39, 0.29) is 0 Å². The molecule has 2 rings (SSSR count). The fourth-order valence-electron chi connectivity index (χ4n) is 1.93. The van der Waals surface area contributed by atoms with Crippen molar-refractivity contribution in [3.63, 3.8) is 0 Å². The molecular formula is C16H12N2. The van der Waals surface area contributed by atoms with Crippen molar-refractivity contribution < 1.29 is 0 Å². The molecule has 18 heavy (non-hydrogen) atoms. The highest BCUT2D eigenvalue weighted by molar-refractivity contribution is 5.54. The van der Waals surface area contributed by atoms with Crippen molar-refractivity contribution >= 4 is 11.4 Å². The zero-order valence-corrected chi connectivity index (χ0v) is 9.93. The average Bonchev–Trinajstić information content (AvgIpc) is 2.45. The number of nitrogens with zero attached hydrogens (tertiary/aromatic N) is 2. The fraction of sp³-hybridized carbons (Fsp3) is 0.125. The Morgan fingerprint density at radius 2 is 1.06 bits per heavy atom. The minimum atomic E-state index is 0.706. The number of rotatable bonds is 3. The third kappa shape index (κ3) is 2.56. The molecule has 2 aromatic carbocycles. The van der Waals surface area contributed by atoms with E-state index in [2.05, 4.69) is 9.69 Å². The summed E-state index contributed by atoms with van der Waals surface area (Å²) < 4.78 is 0. The van der Waals surface area contributed by atoms with Crippen LogP contribution in [-0.4, -0.2) is 0 Å². The Bertz CT molecular complexity index is 573. The Hall–Kier alpha value is -2.58. The molecule has 0 aliphatic heterocycles. The highest BCUT2D eigenvalue weighted by Gasteiger charge is 2.04.